The predicted molar refractivity (Wildman–Crippen MR) is 57.9 cm³/mol. The number of hydrogen-bond acceptors (Lipinski definition) is 3. The first kappa shape index (κ1) is 10.2. The van der Waals surface area contributed by atoms with E-state index in [1.54, 1.807) is 6.07 Å². The van der Waals surface area contributed by atoms with Crippen LogP contribution in [0.5, 0.6) is 0 Å². The van der Waals surface area contributed by atoms with Gasteiger partial charge in [0.1, 0.15) is 5.56 Å². The number of carbonyl (C=O) groups is 1. The van der Waals surface area contributed by atoms with Crippen molar-refractivity contribution in [2.45, 2.75) is 0 Å². The molecule has 1 heterocycles. The summed E-state index contributed by atoms with van der Waals surface area (Å²) in [6.45, 7) is 0. The minimum Gasteiger partial charge on any atom is -0.421 e. The van der Waals surface area contributed by atoms with Crippen LogP contribution in [-0.4, -0.2) is 6.29 Å². The maximum Gasteiger partial charge on any atom is 0.346 e. The highest BCUT2D eigenvalue weighted by Gasteiger charge is 2.08. The number of halogens is 2. The average Bonchev–Trinajstić information content (AvgIpc) is 2.18. The normalized spacial score (nSPS) is 10.5. The smallest absolute Gasteiger partial charge is 0.346 e. The molecular weight excluding hydrogens is 239 g/mol. The fourth-order valence-electron chi connectivity index (χ4n) is 1.26. The topological polar surface area (TPSA) is 47.3 Å². The van der Waals surface area contributed by atoms with Crippen molar-refractivity contribution in [3.63, 3.8) is 0 Å². The van der Waals surface area contributed by atoms with E-state index in [-0.39, 0.29) is 16.2 Å². The largest absolute Gasteiger partial charge is 0.421 e. The maximum absolute atomic E-state index is 11.2. The van der Waals surface area contributed by atoms with E-state index < -0.39 is 5.63 Å². The van der Waals surface area contributed by atoms with Crippen LogP contribution in [0.3, 0.4) is 0 Å². The zero-order valence-electron chi connectivity index (χ0n) is 7.29. The lowest BCUT2D eigenvalue weighted by Crippen LogP contribution is -2.05. The van der Waals surface area contributed by atoms with Crippen molar-refractivity contribution in [3.05, 3.63) is 44.2 Å². The lowest BCUT2D eigenvalue weighted by atomic mass is 10.2. The quantitative estimate of drug-likeness (QED) is 0.571. The summed E-state index contributed by atoms with van der Waals surface area (Å²) < 4.78 is 4.89. The molecule has 3 nitrogen and oxygen atoms in total. The van der Waals surface area contributed by atoms with Gasteiger partial charge in [0.2, 0.25) is 0 Å². The van der Waals surface area contributed by atoms with Gasteiger partial charge in [-0.3, -0.25) is 4.79 Å². The Morgan fingerprint density at radius 1 is 1.20 bits per heavy atom. The second kappa shape index (κ2) is 3.68. The zero-order valence-corrected chi connectivity index (χ0v) is 8.80. The van der Waals surface area contributed by atoms with E-state index in [0.717, 1.165) is 0 Å². The second-order valence-corrected chi connectivity index (χ2v) is 3.76. The van der Waals surface area contributed by atoms with Crippen molar-refractivity contribution in [2.75, 3.05) is 0 Å². The van der Waals surface area contributed by atoms with Crippen LogP contribution in [0.15, 0.2) is 27.4 Å². The molecule has 0 saturated carbocycles. The third kappa shape index (κ3) is 1.76. The second-order valence-electron chi connectivity index (χ2n) is 2.91. The number of hydrogen-bond donors (Lipinski definition) is 0. The lowest BCUT2D eigenvalue weighted by Gasteiger charge is -2.00. The first-order chi connectivity index (χ1) is 7.11. The summed E-state index contributed by atoms with van der Waals surface area (Å²) in [5.74, 6) is 0. The molecule has 2 aromatic rings. The van der Waals surface area contributed by atoms with E-state index >= 15 is 0 Å². The van der Waals surface area contributed by atoms with Crippen molar-refractivity contribution in [2.24, 2.45) is 0 Å². The predicted octanol–water partition coefficient (Wildman–Crippen LogP) is 2.91. The summed E-state index contributed by atoms with van der Waals surface area (Å²) in [4.78, 5) is 21.7. The molecule has 1 aromatic heterocycles. The van der Waals surface area contributed by atoms with Gasteiger partial charge in [0.15, 0.2) is 11.9 Å². The molecule has 0 saturated heterocycles. The highest BCUT2D eigenvalue weighted by molar-refractivity contribution is 6.38. The third-order valence-corrected chi connectivity index (χ3v) is 2.40. The summed E-state index contributed by atoms with van der Waals surface area (Å²) >= 11 is 11.6. The standard InChI is InChI=1S/C10H4Cl2O3/c11-7-2-5-1-6(4-13)10(14)15-9(5)8(12)3-7/h1-4H. The molecule has 1 aromatic carbocycles. The van der Waals surface area contributed by atoms with Gasteiger partial charge < -0.3 is 4.42 Å². The molecule has 0 unspecified atom stereocenters. The Hall–Kier alpha value is -1.32. The van der Waals surface area contributed by atoms with Crippen molar-refractivity contribution < 1.29 is 9.21 Å². The molecule has 2 rings (SSSR count). The minimum absolute atomic E-state index is 0.0548. The molecule has 0 N–H and O–H groups in total. The maximum atomic E-state index is 11.2. The first-order valence-corrected chi connectivity index (χ1v) is 4.75. The van der Waals surface area contributed by atoms with E-state index in [1.165, 1.54) is 12.1 Å². The van der Waals surface area contributed by atoms with E-state index in [9.17, 15) is 9.59 Å². The number of benzene rings is 1. The monoisotopic (exact) mass is 242 g/mol. The molecule has 0 aliphatic heterocycles. The number of aldehydes is 1. The summed E-state index contributed by atoms with van der Waals surface area (Å²) in [6, 6.07) is 4.43. The summed E-state index contributed by atoms with van der Waals surface area (Å²) in [5, 5.41) is 1.18. The van der Waals surface area contributed by atoms with Crippen LogP contribution in [0.2, 0.25) is 10.0 Å². The molecular formula is C10H4Cl2O3. The Labute approximate surface area is 94.2 Å². The van der Waals surface area contributed by atoms with E-state index in [1.807, 2.05) is 0 Å². The number of rotatable bonds is 1. The summed E-state index contributed by atoms with van der Waals surface area (Å²) in [7, 11) is 0. The number of carbonyl (C=O) groups excluding carboxylic acids is 1. The Balaban J connectivity index is 2.93. The number of fused-ring (bicyclic) bond motifs is 1. The van der Waals surface area contributed by atoms with Gasteiger partial charge >= 0.3 is 5.63 Å². The van der Waals surface area contributed by atoms with Gasteiger partial charge in [0, 0.05) is 10.4 Å². The third-order valence-electron chi connectivity index (χ3n) is 1.91. The van der Waals surface area contributed by atoms with Gasteiger partial charge in [-0.25, -0.2) is 4.79 Å². The van der Waals surface area contributed by atoms with E-state index in [4.69, 9.17) is 27.6 Å². The van der Waals surface area contributed by atoms with Crippen LogP contribution >= 0.6 is 23.2 Å². The van der Waals surface area contributed by atoms with E-state index in [0.29, 0.717) is 16.7 Å². The molecule has 76 valence electrons. The summed E-state index contributed by atoms with van der Waals surface area (Å²) in [5.41, 5.74) is -0.528. The van der Waals surface area contributed by atoms with Crippen molar-refractivity contribution in [1.29, 1.82) is 0 Å². The van der Waals surface area contributed by atoms with Crippen molar-refractivity contribution >= 4 is 40.5 Å². The molecule has 0 atom stereocenters. The average molecular weight is 243 g/mol. The van der Waals surface area contributed by atoms with Gasteiger partial charge in [-0.1, -0.05) is 23.2 Å². The highest BCUT2D eigenvalue weighted by Crippen LogP contribution is 2.26. The van der Waals surface area contributed by atoms with Crippen LogP contribution in [0.4, 0.5) is 0 Å². The molecule has 0 bridgehead atoms. The highest BCUT2D eigenvalue weighted by atomic mass is 35.5. The Kier molecular flexibility index (Phi) is 2.50. The van der Waals surface area contributed by atoms with Crippen LogP contribution in [0.25, 0.3) is 11.0 Å². The molecule has 0 fully saturated rings. The molecule has 15 heavy (non-hydrogen) atoms. The molecule has 0 amide bonds. The zero-order chi connectivity index (χ0) is 11.0. The van der Waals surface area contributed by atoms with Crippen LogP contribution in [-0.2, 0) is 0 Å². The fraction of sp³-hybridized carbons (Fsp3) is 0. The molecule has 0 aliphatic rings. The fourth-order valence-corrected chi connectivity index (χ4v) is 1.80. The Morgan fingerprint density at radius 2 is 1.93 bits per heavy atom. The van der Waals surface area contributed by atoms with Crippen molar-refractivity contribution in [1.82, 2.24) is 0 Å². The molecule has 5 heteroatoms. The van der Waals surface area contributed by atoms with Gasteiger partial charge in [0.25, 0.3) is 0 Å². The van der Waals surface area contributed by atoms with Crippen molar-refractivity contribution in [3.8, 4) is 0 Å². The van der Waals surface area contributed by atoms with Crippen LogP contribution in [0.1, 0.15) is 10.4 Å². The first-order valence-electron chi connectivity index (χ1n) is 4.00. The van der Waals surface area contributed by atoms with Gasteiger partial charge in [-0.15, -0.1) is 0 Å². The van der Waals surface area contributed by atoms with Gasteiger partial charge in [0.05, 0.1) is 5.02 Å². The van der Waals surface area contributed by atoms with Gasteiger partial charge in [-0.05, 0) is 18.2 Å². The SMILES string of the molecule is O=Cc1cc2cc(Cl)cc(Cl)c2oc1=O. The Morgan fingerprint density at radius 3 is 2.60 bits per heavy atom. The molecule has 0 radical (unpaired) electrons. The van der Waals surface area contributed by atoms with Gasteiger partial charge in [-0.2, -0.15) is 0 Å². The lowest BCUT2D eigenvalue weighted by molar-refractivity contribution is 0.112. The van der Waals surface area contributed by atoms with E-state index in [2.05, 4.69) is 0 Å². The Bertz CT molecular complexity index is 601. The molecule has 0 aliphatic carbocycles. The van der Waals surface area contributed by atoms with Crippen LogP contribution < -0.4 is 5.63 Å². The summed E-state index contributed by atoms with van der Waals surface area (Å²) in [6.07, 6.45) is 0.431. The molecule has 0 spiro atoms. The minimum atomic E-state index is -0.707. The van der Waals surface area contributed by atoms with Crippen LogP contribution in [0, 0.1) is 0 Å².